The number of aromatic amines is 2. The molecule has 1 saturated carbocycles. The first-order chi connectivity index (χ1) is 16.4. The molecular formula is C23H23Cl2F4N7. The average Bonchev–Trinajstić information content (AvgIpc) is 3.38. The molecule has 0 bridgehead atoms. The first kappa shape index (κ1) is 26.2. The maximum absolute atomic E-state index is 13.6. The van der Waals surface area contributed by atoms with Gasteiger partial charge in [0.2, 0.25) is 0 Å². The fourth-order valence-electron chi connectivity index (χ4n) is 4.73. The van der Waals surface area contributed by atoms with Crippen molar-refractivity contribution in [3.05, 3.63) is 53.6 Å². The third-order valence-electron chi connectivity index (χ3n) is 6.70. The molecule has 1 aliphatic heterocycles. The Labute approximate surface area is 215 Å². The highest BCUT2D eigenvalue weighted by Crippen LogP contribution is 2.44. The molecule has 1 aromatic carbocycles. The van der Waals surface area contributed by atoms with Crippen molar-refractivity contribution >= 4 is 41.7 Å². The molecule has 0 unspecified atom stereocenters. The van der Waals surface area contributed by atoms with Crippen LogP contribution in [0.25, 0.3) is 22.3 Å². The molecule has 3 aromatic heterocycles. The number of nitrogens with zero attached hydrogens (tertiary/aromatic N) is 5. The monoisotopic (exact) mass is 543 g/mol. The van der Waals surface area contributed by atoms with Crippen molar-refractivity contribution in [1.29, 1.82) is 0 Å². The molecule has 6 rings (SSSR count). The summed E-state index contributed by atoms with van der Waals surface area (Å²) in [6.45, 7) is 1.52. The highest BCUT2D eigenvalue weighted by molar-refractivity contribution is 5.90. The van der Waals surface area contributed by atoms with Gasteiger partial charge in [-0.1, -0.05) is 0 Å². The summed E-state index contributed by atoms with van der Waals surface area (Å²) in [5, 5.41) is 8.48. The Morgan fingerprint density at radius 2 is 1.69 bits per heavy atom. The number of rotatable bonds is 4. The predicted molar refractivity (Wildman–Crippen MR) is 131 cm³/mol. The molecule has 1 saturated heterocycles. The molecule has 13 heteroatoms. The van der Waals surface area contributed by atoms with E-state index in [2.05, 4.69) is 35.0 Å². The molecule has 4 aromatic rings. The molecule has 4 heterocycles. The number of benzene rings is 1. The zero-order valence-corrected chi connectivity index (χ0v) is 20.5. The summed E-state index contributed by atoms with van der Waals surface area (Å²) in [5.41, 5.74) is 1.20. The van der Waals surface area contributed by atoms with Crippen LogP contribution >= 0.6 is 24.8 Å². The second-order valence-corrected chi connectivity index (χ2v) is 8.94. The van der Waals surface area contributed by atoms with Gasteiger partial charge in [-0.05, 0) is 43.9 Å². The van der Waals surface area contributed by atoms with Gasteiger partial charge in [-0.25, -0.2) is 19.3 Å². The van der Waals surface area contributed by atoms with E-state index in [1.165, 1.54) is 18.6 Å². The smallest absolute Gasteiger partial charge is 0.356 e. The minimum Gasteiger partial charge on any atom is -0.356 e. The first-order valence-corrected chi connectivity index (χ1v) is 11.2. The number of nitrogens with one attached hydrogen (secondary N) is 2. The topological polar surface area (TPSA) is 86.4 Å². The maximum Gasteiger partial charge on any atom is 0.419 e. The molecule has 0 atom stereocenters. The minimum absolute atomic E-state index is 0. The second kappa shape index (κ2) is 9.85. The van der Waals surface area contributed by atoms with E-state index in [4.69, 9.17) is 0 Å². The molecule has 0 amide bonds. The number of hydrogen-bond acceptors (Lipinski definition) is 5. The highest BCUT2D eigenvalue weighted by atomic mass is 35.5. The van der Waals surface area contributed by atoms with Crippen LogP contribution in [0.3, 0.4) is 0 Å². The van der Waals surface area contributed by atoms with Crippen molar-refractivity contribution in [3.8, 4) is 11.3 Å². The van der Waals surface area contributed by atoms with E-state index >= 15 is 0 Å². The summed E-state index contributed by atoms with van der Waals surface area (Å²) in [4.78, 5) is 18.7. The Kier molecular flexibility index (Phi) is 7.16. The highest BCUT2D eigenvalue weighted by Gasteiger charge is 2.35. The van der Waals surface area contributed by atoms with E-state index in [1.54, 1.807) is 0 Å². The molecule has 192 valence electrons. The minimum atomic E-state index is -4.75. The lowest BCUT2D eigenvalue weighted by molar-refractivity contribution is -0.139. The van der Waals surface area contributed by atoms with Crippen LogP contribution in [-0.2, 0) is 6.18 Å². The molecule has 7 nitrogen and oxygen atoms in total. The van der Waals surface area contributed by atoms with Crippen LogP contribution in [0.15, 0.2) is 30.7 Å². The van der Waals surface area contributed by atoms with Crippen LogP contribution in [0.2, 0.25) is 0 Å². The Bertz CT molecular complexity index is 1360. The molecule has 2 N–H and O–H groups in total. The standard InChI is InChI=1S/C23H21F4N7.2ClH/c24-16-4-3-14(9-15(16)23(25,26)27)17-10-28-20(31-17)13-5-7-34(8-6-13)22-18-19(12-1-2-12)32-33-21(18)29-11-30-22;;/h3-4,9-13H,1-2,5-8H2,(H,28,31)(H,29,30,32,33);2*1H. The van der Waals surface area contributed by atoms with Gasteiger partial charge in [0.05, 0.1) is 28.5 Å². The lowest BCUT2D eigenvalue weighted by atomic mass is 9.96. The van der Waals surface area contributed by atoms with E-state index in [9.17, 15) is 17.6 Å². The molecule has 36 heavy (non-hydrogen) atoms. The Balaban J connectivity index is 0.00000152. The predicted octanol–water partition coefficient (Wildman–Crippen LogP) is 6.01. The van der Waals surface area contributed by atoms with Crippen molar-refractivity contribution in [1.82, 2.24) is 30.1 Å². The van der Waals surface area contributed by atoms with E-state index in [0.29, 0.717) is 17.3 Å². The van der Waals surface area contributed by atoms with Crippen molar-refractivity contribution < 1.29 is 17.6 Å². The SMILES string of the molecule is Cl.Cl.Fc1ccc(-c2cnc(C3CCN(c4ncnc5n[nH]c(C6CC6)c45)CC3)[nH]2)cc1C(F)(F)F. The van der Waals surface area contributed by atoms with Crippen molar-refractivity contribution in [3.63, 3.8) is 0 Å². The van der Waals surface area contributed by atoms with Gasteiger partial charge in [-0.2, -0.15) is 18.3 Å². The lowest BCUT2D eigenvalue weighted by Gasteiger charge is -2.32. The normalized spacial score (nSPS) is 16.6. The quantitative estimate of drug-likeness (QED) is 0.308. The number of imidazole rings is 1. The number of fused-ring (bicyclic) bond motifs is 1. The maximum atomic E-state index is 13.6. The number of piperidine rings is 1. The van der Waals surface area contributed by atoms with Gasteiger partial charge in [0.1, 0.15) is 23.8 Å². The average molecular weight is 544 g/mol. The van der Waals surface area contributed by atoms with E-state index in [0.717, 1.165) is 73.6 Å². The molecule has 2 aliphatic rings. The van der Waals surface area contributed by atoms with Crippen molar-refractivity contribution in [2.24, 2.45) is 0 Å². The summed E-state index contributed by atoms with van der Waals surface area (Å²) in [5.74, 6) is 0.965. The second-order valence-electron chi connectivity index (χ2n) is 8.94. The summed E-state index contributed by atoms with van der Waals surface area (Å²) in [7, 11) is 0. The van der Waals surface area contributed by atoms with Gasteiger partial charge in [0, 0.05) is 30.5 Å². The number of hydrogen-bond donors (Lipinski definition) is 2. The molecule has 0 radical (unpaired) electrons. The van der Waals surface area contributed by atoms with Crippen LogP contribution in [0, 0.1) is 5.82 Å². The summed E-state index contributed by atoms with van der Waals surface area (Å²) in [6.07, 6.45) is 2.21. The summed E-state index contributed by atoms with van der Waals surface area (Å²) >= 11 is 0. The fraction of sp³-hybridized carbons (Fsp3) is 0.391. The van der Waals surface area contributed by atoms with Crippen LogP contribution in [0.1, 0.15) is 54.6 Å². The first-order valence-electron chi connectivity index (χ1n) is 11.2. The number of aromatic nitrogens is 6. The van der Waals surface area contributed by atoms with Crippen LogP contribution in [-0.4, -0.2) is 43.2 Å². The van der Waals surface area contributed by atoms with E-state index < -0.39 is 17.6 Å². The van der Waals surface area contributed by atoms with Crippen molar-refractivity contribution in [2.75, 3.05) is 18.0 Å². The zero-order chi connectivity index (χ0) is 23.4. The lowest BCUT2D eigenvalue weighted by Crippen LogP contribution is -2.34. The third kappa shape index (κ3) is 4.73. The number of alkyl halides is 3. The van der Waals surface area contributed by atoms with Gasteiger partial charge in [-0.3, -0.25) is 5.10 Å². The molecule has 0 spiro atoms. The molecule has 2 fully saturated rings. The van der Waals surface area contributed by atoms with Gasteiger partial charge >= 0.3 is 6.18 Å². The van der Waals surface area contributed by atoms with Crippen LogP contribution in [0.4, 0.5) is 23.4 Å². The van der Waals surface area contributed by atoms with E-state index in [-0.39, 0.29) is 36.3 Å². The zero-order valence-electron chi connectivity index (χ0n) is 18.8. The number of H-pyrrole nitrogens is 2. The van der Waals surface area contributed by atoms with Crippen molar-refractivity contribution in [2.45, 2.75) is 43.7 Å². The van der Waals surface area contributed by atoms with Gasteiger partial charge in [0.25, 0.3) is 0 Å². The number of halogens is 6. The summed E-state index contributed by atoms with van der Waals surface area (Å²) < 4.78 is 52.9. The van der Waals surface area contributed by atoms with Crippen LogP contribution < -0.4 is 4.90 Å². The fourth-order valence-corrected chi connectivity index (χ4v) is 4.73. The Morgan fingerprint density at radius 1 is 0.944 bits per heavy atom. The largest absolute Gasteiger partial charge is 0.419 e. The Hall–Kier alpha value is -2.92. The summed E-state index contributed by atoms with van der Waals surface area (Å²) in [6, 6.07) is 2.98. The van der Waals surface area contributed by atoms with Crippen LogP contribution in [0.5, 0.6) is 0 Å². The molecular weight excluding hydrogens is 521 g/mol. The Morgan fingerprint density at radius 3 is 2.39 bits per heavy atom. The van der Waals surface area contributed by atoms with Gasteiger partial charge in [-0.15, -0.1) is 24.8 Å². The van der Waals surface area contributed by atoms with Gasteiger partial charge < -0.3 is 9.88 Å². The molecule has 1 aliphatic carbocycles. The number of anilines is 1. The third-order valence-corrected chi connectivity index (χ3v) is 6.70. The van der Waals surface area contributed by atoms with E-state index in [1.807, 2.05) is 0 Å². The van der Waals surface area contributed by atoms with Gasteiger partial charge in [0.15, 0.2) is 5.65 Å².